The number of rotatable bonds is 4. The molecule has 0 spiro atoms. The van der Waals surface area contributed by atoms with Crippen LogP contribution in [-0.4, -0.2) is 28.5 Å². The number of amides is 3. The molecule has 144 valence electrons. The van der Waals surface area contributed by atoms with Gasteiger partial charge in [-0.25, -0.2) is 4.39 Å². The fourth-order valence-corrected chi connectivity index (χ4v) is 3.97. The summed E-state index contributed by atoms with van der Waals surface area (Å²) in [4.78, 5) is 37.8. The molecule has 3 rings (SSSR count). The van der Waals surface area contributed by atoms with Crippen LogP contribution in [0.1, 0.15) is 5.56 Å². The maximum Gasteiger partial charge on any atom is 0.294 e. The zero-order valence-electron chi connectivity index (χ0n) is 13.8. The van der Waals surface area contributed by atoms with Gasteiger partial charge < -0.3 is 5.32 Å². The molecule has 10 heteroatoms. The van der Waals surface area contributed by atoms with E-state index in [-0.39, 0.29) is 9.38 Å². The van der Waals surface area contributed by atoms with Gasteiger partial charge in [-0.15, -0.1) is 0 Å². The highest BCUT2D eigenvalue weighted by Gasteiger charge is 2.36. The van der Waals surface area contributed by atoms with Crippen LogP contribution in [0.3, 0.4) is 0 Å². The molecule has 0 aliphatic carbocycles. The third-order valence-electron chi connectivity index (χ3n) is 3.62. The topological polar surface area (TPSA) is 66.5 Å². The molecule has 1 aliphatic heterocycles. The molecule has 28 heavy (non-hydrogen) atoms. The first-order valence-corrected chi connectivity index (χ1v) is 10.5. The van der Waals surface area contributed by atoms with E-state index in [0.29, 0.717) is 20.7 Å². The van der Waals surface area contributed by atoms with Gasteiger partial charge in [0.2, 0.25) is 5.91 Å². The molecule has 0 radical (unpaired) electrons. The maximum atomic E-state index is 13.3. The van der Waals surface area contributed by atoms with Gasteiger partial charge in [-0.2, -0.15) is 0 Å². The summed E-state index contributed by atoms with van der Waals surface area (Å²) in [5, 5.41) is 2.45. The van der Waals surface area contributed by atoms with Gasteiger partial charge >= 0.3 is 0 Å². The van der Waals surface area contributed by atoms with Crippen molar-refractivity contribution >= 4 is 84.0 Å². The number of halogens is 4. The molecule has 2 aromatic rings. The van der Waals surface area contributed by atoms with Crippen molar-refractivity contribution in [1.82, 2.24) is 4.90 Å². The van der Waals surface area contributed by atoms with Crippen molar-refractivity contribution in [2.75, 3.05) is 11.9 Å². The minimum atomic E-state index is -0.584. The van der Waals surface area contributed by atoms with Crippen LogP contribution in [0.4, 0.5) is 14.9 Å². The van der Waals surface area contributed by atoms with Crippen LogP contribution in [0.2, 0.25) is 5.02 Å². The van der Waals surface area contributed by atoms with Crippen LogP contribution in [-0.2, 0) is 9.59 Å². The van der Waals surface area contributed by atoms with Crippen LogP contribution in [0.5, 0.6) is 0 Å². The van der Waals surface area contributed by atoms with E-state index in [1.54, 1.807) is 18.2 Å². The van der Waals surface area contributed by atoms with E-state index in [9.17, 15) is 18.8 Å². The second-order valence-corrected chi connectivity index (χ2v) is 8.73. The Bertz CT molecular complexity index is 1030. The Labute approximate surface area is 185 Å². The lowest BCUT2D eigenvalue weighted by Gasteiger charge is -2.12. The molecule has 0 bridgehead atoms. The average Bonchev–Trinajstić information content (AvgIpc) is 2.89. The number of carbonyl (C=O) groups excluding carboxylic acids is 3. The summed E-state index contributed by atoms with van der Waals surface area (Å²) < 4.78 is 14.2. The molecular formula is C18H10Br2ClFN2O3S. The van der Waals surface area contributed by atoms with Gasteiger partial charge in [-0.1, -0.05) is 17.7 Å². The SMILES string of the molecule is O=C(CN1C(=O)S/C(=C/c2ccc(F)c(Br)c2)C1=O)Nc1ccc(Br)c(Cl)c1. The Morgan fingerprint density at radius 3 is 2.61 bits per heavy atom. The van der Waals surface area contributed by atoms with Crippen molar-refractivity contribution in [3.63, 3.8) is 0 Å². The van der Waals surface area contributed by atoms with Crippen molar-refractivity contribution < 1.29 is 18.8 Å². The fraction of sp³-hybridized carbons (Fsp3) is 0.0556. The van der Waals surface area contributed by atoms with Crippen molar-refractivity contribution in [2.45, 2.75) is 0 Å². The summed E-state index contributed by atoms with van der Waals surface area (Å²) in [6.45, 7) is -0.428. The van der Waals surface area contributed by atoms with E-state index in [2.05, 4.69) is 37.2 Å². The Balaban J connectivity index is 1.70. The third kappa shape index (κ3) is 4.83. The Morgan fingerprint density at radius 2 is 1.93 bits per heavy atom. The zero-order chi connectivity index (χ0) is 20.4. The number of nitrogens with zero attached hydrogens (tertiary/aromatic N) is 1. The molecule has 1 fully saturated rings. The van der Waals surface area contributed by atoms with Crippen LogP contribution < -0.4 is 5.32 Å². The van der Waals surface area contributed by atoms with E-state index in [4.69, 9.17) is 11.6 Å². The molecular weight excluding hydrogens is 539 g/mol. The summed E-state index contributed by atoms with van der Waals surface area (Å²) in [7, 11) is 0. The highest BCUT2D eigenvalue weighted by Crippen LogP contribution is 2.33. The number of benzene rings is 2. The smallest absolute Gasteiger partial charge is 0.294 e. The number of anilines is 1. The zero-order valence-corrected chi connectivity index (χ0v) is 18.6. The second-order valence-electron chi connectivity index (χ2n) is 5.62. The first-order valence-electron chi connectivity index (χ1n) is 7.70. The number of hydrogen-bond donors (Lipinski definition) is 1. The molecule has 1 saturated heterocycles. The number of hydrogen-bond acceptors (Lipinski definition) is 4. The Kier molecular flexibility index (Phi) is 6.59. The van der Waals surface area contributed by atoms with Crippen LogP contribution >= 0.6 is 55.2 Å². The lowest BCUT2D eigenvalue weighted by molar-refractivity contribution is -0.127. The minimum absolute atomic E-state index is 0.156. The van der Waals surface area contributed by atoms with Crippen LogP contribution in [0.25, 0.3) is 6.08 Å². The van der Waals surface area contributed by atoms with Crippen LogP contribution in [0.15, 0.2) is 50.2 Å². The second kappa shape index (κ2) is 8.77. The Hall–Kier alpha value is -1.68. The van der Waals surface area contributed by atoms with E-state index >= 15 is 0 Å². The molecule has 0 atom stereocenters. The Morgan fingerprint density at radius 1 is 1.18 bits per heavy atom. The predicted molar refractivity (Wildman–Crippen MR) is 115 cm³/mol. The maximum absolute atomic E-state index is 13.3. The lowest BCUT2D eigenvalue weighted by atomic mass is 10.2. The first-order chi connectivity index (χ1) is 13.2. The van der Waals surface area contributed by atoms with E-state index in [0.717, 1.165) is 16.7 Å². The van der Waals surface area contributed by atoms with E-state index in [1.165, 1.54) is 24.3 Å². The number of carbonyl (C=O) groups is 3. The molecule has 2 aromatic carbocycles. The quantitative estimate of drug-likeness (QED) is 0.500. The van der Waals surface area contributed by atoms with Gasteiger partial charge in [0, 0.05) is 10.2 Å². The molecule has 0 unspecified atom stereocenters. The normalized spacial score (nSPS) is 15.4. The van der Waals surface area contributed by atoms with Gasteiger partial charge in [0.05, 0.1) is 14.4 Å². The van der Waals surface area contributed by atoms with Gasteiger partial charge in [0.25, 0.3) is 11.1 Å². The van der Waals surface area contributed by atoms with Gasteiger partial charge in [0.1, 0.15) is 12.4 Å². The summed E-state index contributed by atoms with van der Waals surface area (Å²) >= 11 is 13.0. The average molecular weight is 549 g/mol. The molecule has 0 saturated carbocycles. The fourth-order valence-electron chi connectivity index (χ4n) is 2.31. The number of thioether (sulfide) groups is 1. The first kappa shape index (κ1) is 21.0. The van der Waals surface area contributed by atoms with Crippen molar-refractivity contribution in [2.24, 2.45) is 0 Å². The van der Waals surface area contributed by atoms with E-state index in [1.807, 2.05) is 0 Å². The molecule has 0 aromatic heterocycles. The largest absolute Gasteiger partial charge is 0.324 e. The van der Waals surface area contributed by atoms with Crippen molar-refractivity contribution in [1.29, 1.82) is 0 Å². The molecule has 3 amide bonds. The predicted octanol–water partition coefficient (Wildman–Crippen LogP) is 5.68. The standard InChI is InChI=1S/C18H10Br2ClFN2O3S/c19-11-3-2-10(7-13(11)21)23-16(25)8-24-17(26)15(28-18(24)27)6-9-1-4-14(22)12(20)5-9/h1-7H,8H2,(H,23,25)/b15-6+. The molecule has 5 nitrogen and oxygen atoms in total. The van der Waals surface area contributed by atoms with Crippen molar-refractivity contribution in [3.8, 4) is 0 Å². The third-order valence-corrected chi connectivity index (χ3v) is 6.37. The lowest BCUT2D eigenvalue weighted by Crippen LogP contribution is -2.36. The molecule has 1 aliphatic rings. The monoisotopic (exact) mass is 546 g/mol. The summed E-state index contributed by atoms with van der Waals surface area (Å²) in [5.74, 6) is -1.55. The highest BCUT2D eigenvalue weighted by atomic mass is 79.9. The van der Waals surface area contributed by atoms with Gasteiger partial charge in [-0.05, 0) is 85.6 Å². The number of nitrogens with one attached hydrogen (secondary N) is 1. The molecule has 1 N–H and O–H groups in total. The van der Waals surface area contributed by atoms with Crippen LogP contribution in [0, 0.1) is 5.82 Å². The molecule has 1 heterocycles. The summed E-state index contributed by atoms with van der Waals surface area (Å²) in [6.07, 6.45) is 1.47. The van der Waals surface area contributed by atoms with E-state index < -0.39 is 29.4 Å². The summed E-state index contributed by atoms with van der Waals surface area (Å²) in [5.41, 5.74) is 0.990. The van der Waals surface area contributed by atoms with Gasteiger partial charge in [-0.3, -0.25) is 19.3 Å². The van der Waals surface area contributed by atoms with Crippen molar-refractivity contribution in [3.05, 3.63) is 66.7 Å². The van der Waals surface area contributed by atoms with Gasteiger partial charge in [0.15, 0.2) is 0 Å². The number of imide groups is 1. The highest BCUT2D eigenvalue weighted by molar-refractivity contribution is 9.10. The summed E-state index contributed by atoms with van der Waals surface area (Å²) in [6, 6.07) is 9.07. The minimum Gasteiger partial charge on any atom is -0.324 e.